The predicted molar refractivity (Wildman–Crippen MR) is 71.8 cm³/mol. The summed E-state index contributed by atoms with van der Waals surface area (Å²) in [5, 5.41) is 9.10. The molecule has 2 rings (SSSR count). The number of carboxylic acid groups (broad SMARTS) is 1. The van der Waals surface area contributed by atoms with E-state index in [0.717, 1.165) is 6.42 Å². The predicted octanol–water partition coefficient (Wildman–Crippen LogP) is 3.44. The fraction of sp³-hybridized carbons (Fsp3) is 0.200. The number of carboxylic acids is 1. The maximum Gasteiger partial charge on any atom is 0.341 e. The maximum atomic E-state index is 11.1. The van der Waals surface area contributed by atoms with Gasteiger partial charge in [0.15, 0.2) is 0 Å². The van der Waals surface area contributed by atoms with Crippen LogP contribution in [-0.2, 0) is 6.42 Å². The van der Waals surface area contributed by atoms with E-state index in [1.54, 1.807) is 13.0 Å². The molecule has 0 aliphatic heterocycles. The molecule has 4 nitrogen and oxygen atoms in total. The fourth-order valence-corrected chi connectivity index (χ4v) is 1.68. The molecule has 19 heavy (non-hydrogen) atoms. The molecule has 1 heterocycles. The van der Waals surface area contributed by atoms with E-state index in [4.69, 9.17) is 9.84 Å². The number of pyridine rings is 1. The molecule has 1 aromatic carbocycles. The van der Waals surface area contributed by atoms with Gasteiger partial charge in [-0.3, -0.25) is 0 Å². The molecule has 1 aromatic heterocycles. The Labute approximate surface area is 111 Å². The zero-order chi connectivity index (χ0) is 13.8. The summed E-state index contributed by atoms with van der Waals surface area (Å²) < 4.78 is 5.56. The van der Waals surface area contributed by atoms with Crippen LogP contribution in [-0.4, -0.2) is 16.1 Å². The van der Waals surface area contributed by atoms with Crippen molar-refractivity contribution in [3.63, 3.8) is 0 Å². The van der Waals surface area contributed by atoms with Crippen LogP contribution in [0.3, 0.4) is 0 Å². The van der Waals surface area contributed by atoms with Crippen LogP contribution in [0.15, 0.2) is 36.4 Å². The number of ether oxygens (including phenoxy) is 1. The largest absolute Gasteiger partial charge is 0.477 e. The lowest BCUT2D eigenvalue weighted by atomic mass is 10.2. The third kappa shape index (κ3) is 3.10. The Balaban J connectivity index is 2.31. The van der Waals surface area contributed by atoms with Gasteiger partial charge in [0.25, 0.3) is 0 Å². The number of aryl methyl sites for hydroxylation is 2. The SMILES string of the molecule is CCc1ccc(Oc2nc(C)ccc2C(=O)O)cc1. The second-order valence-corrected chi connectivity index (χ2v) is 4.21. The summed E-state index contributed by atoms with van der Waals surface area (Å²) in [6, 6.07) is 10.7. The molecule has 1 N–H and O–H groups in total. The van der Waals surface area contributed by atoms with Gasteiger partial charge in [0.2, 0.25) is 5.88 Å². The zero-order valence-electron chi connectivity index (χ0n) is 10.9. The van der Waals surface area contributed by atoms with Gasteiger partial charge in [0.05, 0.1) is 0 Å². The monoisotopic (exact) mass is 257 g/mol. The number of benzene rings is 1. The van der Waals surface area contributed by atoms with Crippen molar-refractivity contribution >= 4 is 5.97 Å². The second-order valence-electron chi connectivity index (χ2n) is 4.21. The number of nitrogens with zero attached hydrogens (tertiary/aromatic N) is 1. The van der Waals surface area contributed by atoms with Gasteiger partial charge in [-0.05, 0) is 43.2 Å². The molecule has 0 saturated heterocycles. The highest BCUT2D eigenvalue weighted by molar-refractivity contribution is 5.90. The smallest absolute Gasteiger partial charge is 0.341 e. The van der Waals surface area contributed by atoms with Gasteiger partial charge in [-0.2, -0.15) is 0 Å². The molecule has 0 radical (unpaired) electrons. The van der Waals surface area contributed by atoms with Crippen LogP contribution in [0.2, 0.25) is 0 Å². The highest BCUT2D eigenvalue weighted by Gasteiger charge is 2.13. The molecule has 0 aliphatic carbocycles. The molecule has 0 bridgehead atoms. The van der Waals surface area contributed by atoms with Crippen molar-refractivity contribution in [3.05, 3.63) is 53.2 Å². The average Bonchev–Trinajstić information content (AvgIpc) is 2.39. The lowest BCUT2D eigenvalue weighted by Gasteiger charge is -2.08. The van der Waals surface area contributed by atoms with Crippen LogP contribution in [0.1, 0.15) is 28.5 Å². The number of aromatic carboxylic acids is 1. The third-order valence-corrected chi connectivity index (χ3v) is 2.78. The molecule has 98 valence electrons. The summed E-state index contributed by atoms with van der Waals surface area (Å²) in [4.78, 5) is 15.2. The van der Waals surface area contributed by atoms with Gasteiger partial charge in [-0.25, -0.2) is 9.78 Å². The summed E-state index contributed by atoms with van der Waals surface area (Å²) >= 11 is 0. The van der Waals surface area contributed by atoms with Crippen molar-refractivity contribution in [1.29, 1.82) is 0 Å². The van der Waals surface area contributed by atoms with Crippen LogP contribution < -0.4 is 4.74 Å². The molecule has 0 saturated carbocycles. The highest BCUT2D eigenvalue weighted by atomic mass is 16.5. The first-order chi connectivity index (χ1) is 9.10. The number of rotatable bonds is 4. The lowest BCUT2D eigenvalue weighted by molar-refractivity contribution is 0.0693. The number of aromatic nitrogens is 1. The van der Waals surface area contributed by atoms with Gasteiger partial charge < -0.3 is 9.84 Å². The van der Waals surface area contributed by atoms with Crippen molar-refractivity contribution in [2.45, 2.75) is 20.3 Å². The number of hydrogen-bond donors (Lipinski definition) is 1. The molecule has 2 aromatic rings. The molecule has 0 amide bonds. The van der Waals surface area contributed by atoms with Crippen molar-refractivity contribution in [3.8, 4) is 11.6 Å². The molecule has 0 fully saturated rings. The van der Waals surface area contributed by atoms with Crippen molar-refractivity contribution in [2.24, 2.45) is 0 Å². The maximum absolute atomic E-state index is 11.1. The number of carbonyl (C=O) groups is 1. The number of hydrogen-bond acceptors (Lipinski definition) is 3. The Hall–Kier alpha value is -2.36. The van der Waals surface area contributed by atoms with Crippen LogP contribution in [0.5, 0.6) is 11.6 Å². The summed E-state index contributed by atoms with van der Waals surface area (Å²) in [6.45, 7) is 3.86. The Morgan fingerprint density at radius 3 is 2.47 bits per heavy atom. The van der Waals surface area contributed by atoms with Gasteiger partial charge in [-0.15, -0.1) is 0 Å². The first-order valence-corrected chi connectivity index (χ1v) is 6.08. The Bertz CT molecular complexity index is 591. The zero-order valence-corrected chi connectivity index (χ0v) is 10.9. The molecule has 4 heteroatoms. The molecular formula is C15H15NO3. The molecule has 0 aliphatic rings. The molecule has 0 unspecified atom stereocenters. The Morgan fingerprint density at radius 1 is 1.21 bits per heavy atom. The average molecular weight is 257 g/mol. The highest BCUT2D eigenvalue weighted by Crippen LogP contribution is 2.24. The topological polar surface area (TPSA) is 59.4 Å². The molecule has 0 spiro atoms. The molecular weight excluding hydrogens is 242 g/mol. The Morgan fingerprint density at radius 2 is 1.89 bits per heavy atom. The third-order valence-electron chi connectivity index (χ3n) is 2.78. The second kappa shape index (κ2) is 5.52. The van der Waals surface area contributed by atoms with E-state index >= 15 is 0 Å². The van der Waals surface area contributed by atoms with E-state index in [1.165, 1.54) is 11.6 Å². The van der Waals surface area contributed by atoms with Crippen LogP contribution in [0.4, 0.5) is 0 Å². The summed E-state index contributed by atoms with van der Waals surface area (Å²) in [6.07, 6.45) is 0.948. The van der Waals surface area contributed by atoms with Crippen molar-refractivity contribution in [2.75, 3.05) is 0 Å². The van der Waals surface area contributed by atoms with Crippen molar-refractivity contribution in [1.82, 2.24) is 4.98 Å². The van der Waals surface area contributed by atoms with E-state index in [2.05, 4.69) is 11.9 Å². The first-order valence-electron chi connectivity index (χ1n) is 6.08. The van der Waals surface area contributed by atoms with Gasteiger partial charge >= 0.3 is 5.97 Å². The minimum absolute atomic E-state index is 0.0603. The lowest BCUT2D eigenvalue weighted by Crippen LogP contribution is -2.02. The van der Waals surface area contributed by atoms with E-state index in [-0.39, 0.29) is 11.4 Å². The normalized spacial score (nSPS) is 10.2. The minimum Gasteiger partial charge on any atom is -0.477 e. The first kappa shape index (κ1) is 13.1. The summed E-state index contributed by atoms with van der Waals surface area (Å²) in [5.41, 5.74) is 1.97. The van der Waals surface area contributed by atoms with Gasteiger partial charge in [-0.1, -0.05) is 19.1 Å². The van der Waals surface area contributed by atoms with Crippen LogP contribution >= 0.6 is 0 Å². The fourth-order valence-electron chi connectivity index (χ4n) is 1.68. The Kier molecular flexibility index (Phi) is 3.80. The standard InChI is InChI=1S/C15H15NO3/c1-3-11-5-7-12(8-6-11)19-14-13(15(17)18)9-4-10(2)16-14/h4-9H,3H2,1-2H3,(H,17,18). The van der Waals surface area contributed by atoms with E-state index < -0.39 is 5.97 Å². The quantitative estimate of drug-likeness (QED) is 0.911. The summed E-state index contributed by atoms with van der Waals surface area (Å²) in [7, 11) is 0. The molecule has 0 atom stereocenters. The van der Waals surface area contributed by atoms with Crippen molar-refractivity contribution < 1.29 is 14.6 Å². The van der Waals surface area contributed by atoms with E-state index in [0.29, 0.717) is 11.4 Å². The van der Waals surface area contributed by atoms with Crippen LogP contribution in [0, 0.1) is 6.92 Å². The van der Waals surface area contributed by atoms with Gasteiger partial charge in [0, 0.05) is 5.69 Å². The summed E-state index contributed by atoms with van der Waals surface area (Å²) in [5.74, 6) is -0.345. The van der Waals surface area contributed by atoms with Gasteiger partial charge in [0.1, 0.15) is 11.3 Å². The van der Waals surface area contributed by atoms with Crippen LogP contribution in [0.25, 0.3) is 0 Å². The van der Waals surface area contributed by atoms with E-state index in [9.17, 15) is 4.79 Å². The van der Waals surface area contributed by atoms with E-state index in [1.807, 2.05) is 24.3 Å². The minimum atomic E-state index is -1.05.